The van der Waals surface area contributed by atoms with Crippen LogP contribution in [0.25, 0.3) is 0 Å². The third-order valence-corrected chi connectivity index (χ3v) is 11.8. The number of furan rings is 1. The monoisotopic (exact) mass is 1060 g/mol. The number of amides is 10. The highest BCUT2D eigenvalue weighted by molar-refractivity contribution is 5.99. The fourth-order valence-corrected chi connectivity index (χ4v) is 7.71. The van der Waals surface area contributed by atoms with Crippen molar-refractivity contribution in [2.24, 2.45) is 23.1 Å². The molecule has 1 aromatic carbocycles. The van der Waals surface area contributed by atoms with Crippen LogP contribution in [0.3, 0.4) is 0 Å². The number of nitrogens with two attached hydrogens (primary N) is 3. The van der Waals surface area contributed by atoms with Crippen LogP contribution in [-0.2, 0) is 49.6 Å². The number of hydrogen-bond donors (Lipinski definition) is 16. The highest BCUT2D eigenvalue weighted by atomic mass is 16.4. The second kappa shape index (κ2) is 31.0. The Kier molecular flexibility index (Phi) is 25.7. The predicted octanol–water partition coefficient (Wildman–Crippen LogP) is -5.83. The maximum absolute atomic E-state index is 14.3. The molecule has 1 aliphatic rings. The third kappa shape index (κ3) is 20.0. The van der Waals surface area contributed by atoms with E-state index in [-0.39, 0.29) is 63.4 Å². The lowest BCUT2D eigenvalue weighted by molar-refractivity contribution is -0.136. The van der Waals surface area contributed by atoms with Gasteiger partial charge in [0.25, 0.3) is 5.91 Å². The molecule has 0 radical (unpaired) electrons. The lowest BCUT2D eigenvalue weighted by Gasteiger charge is -2.28. The minimum Gasteiger partial charge on any atom is -0.456 e. The minimum absolute atomic E-state index is 0.0462. The molecular formula is C48H75N13O14. The van der Waals surface area contributed by atoms with Crippen molar-refractivity contribution in [3.8, 4) is 0 Å². The van der Waals surface area contributed by atoms with E-state index in [9.17, 15) is 63.3 Å². The molecule has 19 N–H and O–H groups in total. The number of hydrogen-bond acceptors (Lipinski definition) is 17. The average Bonchev–Trinajstić information content (AvgIpc) is 3.80. The van der Waals surface area contributed by atoms with E-state index in [0.29, 0.717) is 11.3 Å². The van der Waals surface area contributed by atoms with Crippen molar-refractivity contribution in [1.82, 2.24) is 53.2 Å². The zero-order chi connectivity index (χ0) is 55.9. The quantitative estimate of drug-likeness (QED) is 0.0623. The van der Waals surface area contributed by atoms with Gasteiger partial charge in [0.1, 0.15) is 60.1 Å². The molecule has 27 nitrogen and oxygen atoms in total. The van der Waals surface area contributed by atoms with Crippen LogP contribution in [0.5, 0.6) is 0 Å². The van der Waals surface area contributed by atoms with E-state index in [1.54, 1.807) is 51.1 Å². The molecule has 75 heavy (non-hydrogen) atoms. The molecule has 1 fully saturated rings. The van der Waals surface area contributed by atoms with Gasteiger partial charge in [0.15, 0.2) is 5.76 Å². The molecule has 11 atom stereocenters. The van der Waals surface area contributed by atoms with Gasteiger partial charge < -0.3 is 90.1 Å². The van der Waals surface area contributed by atoms with Gasteiger partial charge in [0.05, 0.1) is 18.8 Å². The van der Waals surface area contributed by atoms with Crippen molar-refractivity contribution < 1.29 is 67.7 Å². The summed E-state index contributed by atoms with van der Waals surface area (Å²) in [4.78, 5) is 138. The smallest absolute Gasteiger partial charge is 0.287 e. The van der Waals surface area contributed by atoms with Crippen molar-refractivity contribution in [2.75, 3.05) is 32.8 Å². The summed E-state index contributed by atoms with van der Waals surface area (Å²) >= 11 is 0. The van der Waals surface area contributed by atoms with Gasteiger partial charge in [-0.05, 0) is 96.1 Å². The fraction of sp³-hybridized carbons (Fsp3) is 0.583. The summed E-state index contributed by atoms with van der Waals surface area (Å²) in [6.45, 7) is 5.47. The Bertz CT molecular complexity index is 2260. The standard InChI is InChI=1S/C48H75N13O14/c1-24(2)21-33-43(69)55-29(13-17-49)39(65)54-31(15-19-51)42(68)60-37(26(4)63)47(73)52-20-16-32(41(67)53-30(14-18-50)40(66)58-34(44(70)57-33)22-28-9-7-6-8-10-28)56-45(71)35(23-62)59-48(74)38(27(5)64)61-46(72)36-12-11-25(3)75-36/h6-12,24,26-27,29-35,37-38,62-64H,13-23,49-51H2,1-5H3,(H,52,73)(H,53,67)(H,54,65)(H,55,69)(H,56,71)(H,57,70)(H,58,66)(H,59,74)(H,60,68)(H,61,72)/t26-,27-,29+,30+,31+,32+,33+,34-,35-,37+,38+/m1/s1. The SMILES string of the molecule is Cc1ccc(C(=O)N[C@H](C(=O)N[C@H](CO)C(=O)N[C@H]2CCNC(=O)[C@H]([C@@H](C)O)NC(=O)[C@H](CCN)NC(=O)[C@H](CCN)NC(=O)[C@H](CC(C)C)NC(=O)[C@@H](Cc3ccccc3)NC(=O)[C@H](CCN)NC2=O)[C@@H](C)O)o1. The van der Waals surface area contributed by atoms with E-state index in [1.807, 2.05) is 0 Å². The molecule has 0 aliphatic carbocycles. The molecule has 416 valence electrons. The molecule has 2 aromatic rings. The molecule has 0 spiro atoms. The maximum atomic E-state index is 14.3. The summed E-state index contributed by atoms with van der Waals surface area (Å²) in [6.07, 6.45) is -4.22. The van der Waals surface area contributed by atoms with Gasteiger partial charge in [0, 0.05) is 13.0 Å². The van der Waals surface area contributed by atoms with Crippen molar-refractivity contribution in [2.45, 2.75) is 140 Å². The highest BCUT2D eigenvalue weighted by Gasteiger charge is 2.37. The van der Waals surface area contributed by atoms with Crippen LogP contribution in [0.1, 0.15) is 81.7 Å². The van der Waals surface area contributed by atoms with Gasteiger partial charge in [-0.15, -0.1) is 0 Å². The first kappa shape index (κ1) is 62.3. The Morgan fingerprint density at radius 1 is 0.653 bits per heavy atom. The Morgan fingerprint density at radius 2 is 1.16 bits per heavy atom. The number of rotatable bonds is 19. The molecule has 0 unspecified atom stereocenters. The van der Waals surface area contributed by atoms with Crippen LogP contribution < -0.4 is 70.4 Å². The topological polar surface area (TPSA) is 443 Å². The Labute approximate surface area is 434 Å². The number of aliphatic hydroxyl groups excluding tert-OH is 3. The number of aryl methyl sites for hydroxylation is 1. The predicted molar refractivity (Wildman–Crippen MR) is 269 cm³/mol. The van der Waals surface area contributed by atoms with E-state index in [0.717, 1.165) is 0 Å². The molecule has 1 saturated heterocycles. The Hall–Kier alpha value is -7.04. The van der Waals surface area contributed by atoms with Crippen LogP contribution in [0, 0.1) is 12.8 Å². The summed E-state index contributed by atoms with van der Waals surface area (Å²) in [5.74, 6) is -9.70. The largest absolute Gasteiger partial charge is 0.456 e. The van der Waals surface area contributed by atoms with Gasteiger partial charge in [-0.25, -0.2) is 0 Å². The van der Waals surface area contributed by atoms with Gasteiger partial charge in [-0.3, -0.25) is 47.9 Å². The highest BCUT2D eigenvalue weighted by Crippen LogP contribution is 2.12. The first-order chi connectivity index (χ1) is 35.5. The zero-order valence-corrected chi connectivity index (χ0v) is 42.8. The van der Waals surface area contributed by atoms with Gasteiger partial charge in [-0.2, -0.15) is 0 Å². The summed E-state index contributed by atoms with van der Waals surface area (Å²) in [5, 5.41) is 56.1. The zero-order valence-electron chi connectivity index (χ0n) is 42.8. The summed E-state index contributed by atoms with van der Waals surface area (Å²) in [7, 11) is 0. The summed E-state index contributed by atoms with van der Waals surface area (Å²) in [6, 6.07) is -2.57. The summed E-state index contributed by atoms with van der Waals surface area (Å²) in [5.41, 5.74) is 18.1. The van der Waals surface area contributed by atoms with Crippen LogP contribution >= 0.6 is 0 Å². The van der Waals surface area contributed by atoms with Crippen molar-refractivity contribution in [1.29, 1.82) is 0 Å². The fourth-order valence-electron chi connectivity index (χ4n) is 7.71. The van der Waals surface area contributed by atoms with Crippen LogP contribution in [0.2, 0.25) is 0 Å². The second-order valence-electron chi connectivity index (χ2n) is 18.6. The lowest BCUT2D eigenvalue weighted by atomic mass is 10.00. The van der Waals surface area contributed by atoms with Crippen LogP contribution in [-0.4, -0.2) is 174 Å². The first-order valence-electron chi connectivity index (χ1n) is 24.7. The van der Waals surface area contributed by atoms with E-state index in [4.69, 9.17) is 21.6 Å². The number of aliphatic hydroxyl groups is 3. The molecule has 1 aliphatic heterocycles. The number of carbonyl (C=O) groups excluding carboxylic acids is 10. The minimum atomic E-state index is -1.84. The normalized spacial score (nSPS) is 23.6. The number of carbonyl (C=O) groups is 10. The maximum Gasteiger partial charge on any atom is 0.287 e. The molecule has 27 heteroatoms. The molecule has 2 heterocycles. The number of nitrogens with one attached hydrogen (secondary N) is 10. The molecule has 3 rings (SSSR count). The third-order valence-electron chi connectivity index (χ3n) is 11.8. The van der Waals surface area contributed by atoms with Crippen LogP contribution in [0.4, 0.5) is 0 Å². The van der Waals surface area contributed by atoms with E-state index < -0.39 is 145 Å². The average molecular weight is 1060 g/mol. The van der Waals surface area contributed by atoms with E-state index in [2.05, 4.69) is 53.2 Å². The molecule has 0 bridgehead atoms. The van der Waals surface area contributed by atoms with Crippen LogP contribution in [0.15, 0.2) is 46.9 Å². The Balaban J connectivity index is 2.09. The molecule has 0 saturated carbocycles. The first-order valence-corrected chi connectivity index (χ1v) is 24.7. The van der Waals surface area contributed by atoms with E-state index >= 15 is 0 Å². The number of benzene rings is 1. The van der Waals surface area contributed by atoms with Crippen molar-refractivity contribution >= 4 is 59.1 Å². The van der Waals surface area contributed by atoms with Gasteiger partial charge >= 0.3 is 0 Å². The molecule has 10 amide bonds. The van der Waals surface area contributed by atoms with E-state index in [1.165, 1.54) is 26.0 Å². The Morgan fingerprint density at radius 3 is 1.65 bits per heavy atom. The lowest BCUT2D eigenvalue weighted by Crippen LogP contribution is -2.61. The summed E-state index contributed by atoms with van der Waals surface area (Å²) < 4.78 is 5.28. The molecular weight excluding hydrogens is 983 g/mol. The van der Waals surface area contributed by atoms with Gasteiger partial charge in [-0.1, -0.05) is 44.2 Å². The van der Waals surface area contributed by atoms with Crippen molar-refractivity contribution in [3.63, 3.8) is 0 Å². The van der Waals surface area contributed by atoms with Gasteiger partial charge in [0.2, 0.25) is 53.2 Å². The van der Waals surface area contributed by atoms with Crippen molar-refractivity contribution in [3.05, 3.63) is 59.5 Å². The second-order valence-corrected chi connectivity index (χ2v) is 18.6. The molecule has 1 aromatic heterocycles.